The maximum Gasteiger partial charge on any atom is 0.225 e. The second kappa shape index (κ2) is 7.58. The quantitative estimate of drug-likeness (QED) is 0.317. The van der Waals surface area contributed by atoms with Crippen LogP contribution < -0.4 is 11.1 Å². The Balaban J connectivity index is 1.46. The Morgan fingerprint density at radius 2 is 2.09 bits per heavy atom. The van der Waals surface area contributed by atoms with Crippen molar-refractivity contribution in [1.82, 2.24) is 39.7 Å². The lowest BCUT2D eigenvalue weighted by atomic mass is 9.92. The summed E-state index contributed by atoms with van der Waals surface area (Å²) in [6.07, 6.45) is 6.79. The van der Waals surface area contributed by atoms with E-state index in [4.69, 9.17) is 20.0 Å². The fourth-order valence-electron chi connectivity index (χ4n) is 4.24. The van der Waals surface area contributed by atoms with Crippen LogP contribution in [0.25, 0.3) is 28.3 Å². The van der Waals surface area contributed by atoms with Gasteiger partial charge in [0.15, 0.2) is 17.1 Å². The van der Waals surface area contributed by atoms with E-state index >= 15 is 0 Å². The first-order valence-electron chi connectivity index (χ1n) is 10.8. The molecule has 1 saturated heterocycles. The summed E-state index contributed by atoms with van der Waals surface area (Å²) >= 11 is 0. The first-order chi connectivity index (χ1) is 16.5. The molecule has 0 aromatic carbocycles. The molecule has 0 amide bonds. The number of hydrogen-bond donors (Lipinski definition) is 3. The van der Waals surface area contributed by atoms with Crippen LogP contribution in [0.4, 0.5) is 5.95 Å². The van der Waals surface area contributed by atoms with Crippen LogP contribution in [-0.2, 0) is 10.3 Å². The molecule has 1 unspecified atom stereocenters. The van der Waals surface area contributed by atoms with E-state index in [9.17, 15) is 5.11 Å². The SMILES string of the molecule is CC(CNCC1(O)COC1)(c1cccnc1)n1ncc2c1nc(N)n1nc(-c3ccco3)nc21. The zero-order valence-electron chi connectivity index (χ0n) is 18.4. The summed E-state index contributed by atoms with van der Waals surface area (Å²) in [4.78, 5) is 13.6. The molecule has 0 bridgehead atoms. The molecule has 4 N–H and O–H groups in total. The summed E-state index contributed by atoms with van der Waals surface area (Å²) < 4.78 is 13.9. The molecule has 1 aliphatic heterocycles. The van der Waals surface area contributed by atoms with Crippen molar-refractivity contribution in [2.24, 2.45) is 0 Å². The Morgan fingerprint density at radius 1 is 1.21 bits per heavy atom. The van der Waals surface area contributed by atoms with Crippen LogP contribution in [0, 0.1) is 0 Å². The summed E-state index contributed by atoms with van der Waals surface area (Å²) in [5, 5.41) is 23.7. The predicted octanol–water partition coefficient (Wildman–Crippen LogP) is 0.826. The van der Waals surface area contributed by atoms with Crippen LogP contribution in [0.5, 0.6) is 0 Å². The molecule has 5 aromatic rings. The van der Waals surface area contributed by atoms with Gasteiger partial charge in [0.1, 0.15) is 11.1 Å². The summed E-state index contributed by atoms with van der Waals surface area (Å²) in [5.41, 5.74) is 6.73. The zero-order valence-corrected chi connectivity index (χ0v) is 18.4. The van der Waals surface area contributed by atoms with Gasteiger partial charge in [-0.1, -0.05) is 6.07 Å². The van der Waals surface area contributed by atoms with Gasteiger partial charge >= 0.3 is 0 Å². The Labute approximate surface area is 193 Å². The molecule has 1 fully saturated rings. The number of pyridine rings is 1. The van der Waals surface area contributed by atoms with Gasteiger partial charge in [-0.2, -0.15) is 14.6 Å². The first kappa shape index (κ1) is 20.7. The second-order valence-electron chi connectivity index (χ2n) is 8.75. The van der Waals surface area contributed by atoms with Crippen LogP contribution in [0.2, 0.25) is 0 Å². The third-order valence-electron chi connectivity index (χ3n) is 6.19. The summed E-state index contributed by atoms with van der Waals surface area (Å²) in [5.74, 6) is 1.12. The summed E-state index contributed by atoms with van der Waals surface area (Å²) in [7, 11) is 0. The number of ether oxygens (including phenoxy) is 1. The van der Waals surface area contributed by atoms with Gasteiger partial charge < -0.3 is 25.3 Å². The molecule has 6 rings (SSSR count). The monoisotopic (exact) mass is 461 g/mol. The van der Waals surface area contributed by atoms with E-state index in [1.807, 2.05) is 23.7 Å². The van der Waals surface area contributed by atoms with Crippen LogP contribution in [-0.4, -0.2) is 71.4 Å². The van der Waals surface area contributed by atoms with Crippen LogP contribution in [0.15, 0.2) is 53.5 Å². The smallest absolute Gasteiger partial charge is 0.225 e. The first-order valence-corrected chi connectivity index (χ1v) is 10.8. The van der Waals surface area contributed by atoms with Crippen molar-refractivity contribution in [2.75, 3.05) is 32.0 Å². The van der Waals surface area contributed by atoms with Crippen molar-refractivity contribution in [3.05, 3.63) is 54.7 Å². The number of anilines is 1. The molecule has 1 atom stereocenters. The molecule has 6 heterocycles. The van der Waals surface area contributed by atoms with Crippen LogP contribution >= 0.6 is 0 Å². The van der Waals surface area contributed by atoms with Crippen molar-refractivity contribution >= 4 is 22.6 Å². The standard InChI is InChI=1S/C22H23N9O3/c1-21(14-4-2-6-24-8-14,10-25-11-22(32)12-33-13-22)31-19-15(9-26-31)18-27-17(16-5-3-7-34-16)29-30(18)20(23)28-19/h2-9,25,32H,10-13H2,1H3,(H2,23,28). The number of nitrogens with two attached hydrogens (primary N) is 1. The van der Waals surface area contributed by atoms with Gasteiger partial charge in [0.25, 0.3) is 0 Å². The van der Waals surface area contributed by atoms with E-state index in [1.54, 1.807) is 37.0 Å². The second-order valence-corrected chi connectivity index (χ2v) is 8.75. The largest absolute Gasteiger partial charge is 0.461 e. The maximum absolute atomic E-state index is 10.4. The van der Waals surface area contributed by atoms with Crippen LogP contribution in [0.1, 0.15) is 12.5 Å². The van der Waals surface area contributed by atoms with E-state index in [1.165, 1.54) is 4.52 Å². The van der Waals surface area contributed by atoms with Gasteiger partial charge in [-0.25, -0.2) is 9.67 Å². The van der Waals surface area contributed by atoms with E-state index in [2.05, 4.69) is 25.4 Å². The van der Waals surface area contributed by atoms with E-state index < -0.39 is 11.1 Å². The van der Waals surface area contributed by atoms with Crippen molar-refractivity contribution in [3.63, 3.8) is 0 Å². The van der Waals surface area contributed by atoms with Crippen molar-refractivity contribution in [2.45, 2.75) is 18.1 Å². The molecule has 0 saturated carbocycles. The van der Waals surface area contributed by atoms with Crippen molar-refractivity contribution in [3.8, 4) is 11.6 Å². The number of nitrogen functional groups attached to an aromatic ring is 1. The van der Waals surface area contributed by atoms with Gasteiger partial charge in [-0.15, -0.1) is 5.10 Å². The number of aromatic nitrogens is 7. The molecular formula is C22H23N9O3. The number of hydrogen-bond acceptors (Lipinski definition) is 10. The highest BCUT2D eigenvalue weighted by molar-refractivity contribution is 5.90. The van der Waals surface area contributed by atoms with Gasteiger partial charge in [0, 0.05) is 25.5 Å². The lowest BCUT2D eigenvalue weighted by Gasteiger charge is -2.38. The Bertz CT molecular complexity index is 1460. The average Bonchev–Trinajstić information content (AvgIpc) is 3.57. The number of nitrogens with zero attached hydrogens (tertiary/aromatic N) is 7. The van der Waals surface area contributed by atoms with E-state index in [-0.39, 0.29) is 5.95 Å². The lowest BCUT2D eigenvalue weighted by molar-refractivity contribution is -0.175. The normalized spacial score (nSPS) is 17.1. The number of fused-ring (bicyclic) bond motifs is 3. The number of furan rings is 1. The van der Waals surface area contributed by atoms with Gasteiger partial charge in [0.05, 0.1) is 31.1 Å². The Hall–Kier alpha value is -3.87. The van der Waals surface area contributed by atoms with Gasteiger partial charge in [-0.05, 0) is 30.7 Å². The third kappa shape index (κ3) is 3.22. The average molecular weight is 461 g/mol. The molecule has 34 heavy (non-hydrogen) atoms. The molecule has 1 aliphatic rings. The molecule has 0 spiro atoms. The minimum absolute atomic E-state index is 0.178. The van der Waals surface area contributed by atoms with E-state index in [0.29, 0.717) is 54.6 Å². The van der Waals surface area contributed by atoms with Gasteiger partial charge in [-0.3, -0.25) is 4.98 Å². The molecule has 0 aliphatic carbocycles. The lowest BCUT2D eigenvalue weighted by Crippen LogP contribution is -2.57. The number of nitrogens with one attached hydrogen (secondary N) is 1. The number of aliphatic hydroxyl groups is 1. The maximum atomic E-state index is 10.4. The number of rotatable bonds is 7. The Kier molecular flexibility index (Phi) is 4.62. The minimum atomic E-state index is -0.860. The summed E-state index contributed by atoms with van der Waals surface area (Å²) in [6, 6.07) is 7.41. The molecule has 5 aromatic heterocycles. The summed E-state index contributed by atoms with van der Waals surface area (Å²) in [6.45, 7) is 3.50. The van der Waals surface area contributed by atoms with Crippen molar-refractivity contribution < 1.29 is 14.3 Å². The van der Waals surface area contributed by atoms with Crippen LogP contribution in [0.3, 0.4) is 0 Å². The molecule has 174 valence electrons. The van der Waals surface area contributed by atoms with Gasteiger partial charge in [0.2, 0.25) is 11.8 Å². The predicted molar refractivity (Wildman–Crippen MR) is 122 cm³/mol. The van der Waals surface area contributed by atoms with E-state index in [0.717, 1.165) is 5.56 Å². The fourth-order valence-corrected chi connectivity index (χ4v) is 4.24. The molecule has 12 nitrogen and oxygen atoms in total. The topological polar surface area (TPSA) is 154 Å². The van der Waals surface area contributed by atoms with Crippen molar-refractivity contribution in [1.29, 1.82) is 0 Å². The molecule has 0 radical (unpaired) electrons. The highest BCUT2D eigenvalue weighted by atomic mass is 16.5. The fraction of sp³-hybridized carbons (Fsp3) is 0.318. The Morgan fingerprint density at radius 3 is 2.79 bits per heavy atom. The molecular weight excluding hydrogens is 438 g/mol. The third-order valence-corrected chi connectivity index (χ3v) is 6.19. The minimum Gasteiger partial charge on any atom is -0.461 e. The highest BCUT2D eigenvalue weighted by Gasteiger charge is 2.38. The zero-order chi connectivity index (χ0) is 23.3. The molecule has 12 heteroatoms. The highest BCUT2D eigenvalue weighted by Crippen LogP contribution is 2.31.